The lowest BCUT2D eigenvalue weighted by atomic mass is 10.1. The molecule has 0 bridgehead atoms. The predicted octanol–water partition coefficient (Wildman–Crippen LogP) is 4.04. The van der Waals surface area contributed by atoms with Gasteiger partial charge in [-0.15, -0.1) is 0 Å². The lowest BCUT2D eigenvalue weighted by Crippen LogP contribution is -2.08. The first-order valence-electron chi connectivity index (χ1n) is 7.06. The van der Waals surface area contributed by atoms with Crippen LogP contribution in [0.1, 0.15) is 11.1 Å². The number of benzene rings is 2. The predicted molar refractivity (Wildman–Crippen MR) is 91.0 cm³/mol. The Balaban J connectivity index is 1.83. The van der Waals surface area contributed by atoms with E-state index < -0.39 is 0 Å². The molecule has 0 aliphatic carbocycles. The lowest BCUT2D eigenvalue weighted by Gasteiger charge is -2.05. The molecule has 0 saturated carbocycles. The third-order valence-corrected chi connectivity index (χ3v) is 4.19. The van der Waals surface area contributed by atoms with E-state index in [0.717, 1.165) is 11.3 Å². The van der Waals surface area contributed by atoms with Crippen LogP contribution in [0.15, 0.2) is 70.6 Å². The van der Waals surface area contributed by atoms with Crippen LogP contribution in [0.2, 0.25) is 0 Å². The highest BCUT2D eigenvalue weighted by Gasteiger charge is 2.05. The molecule has 3 rings (SSSR count). The SMILES string of the molecule is Cc1cccc(CSc2nc(-c3ccccc3)cc(=O)[nH]2)c1. The van der Waals surface area contributed by atoms with Gasteiger partial charge >= 0.3 is 0 Å². The molecule has 1 aromatic heterocycles. The van der Waals surface area contributed by atoms with Crippen LogP contribution in [0, 0.1) is 6.92 Å². The molecular weight excluding hydrogens is 292 g/mol. The zero-order valence-electron chi connectivity index (χ0n) is 12.2. The number of aryl methyl sites for hydroxylation is 1. The number of thioether (sulfide) groups is 1. The molecule has 1 heterocycles. The Kier molecular flexibility index (Phi) is 4.39. The number of hydrogen-bond donors (Lipinski definition) is 1. The average Bonchev–Trinajstić information content (AvgIpc) is 2.53. The van der Waals surface area contributed by atoms with Gasteiger partial charge in [-0.2, -0.15) is 0 Å². The Morgan fingerprint density at radius 2 is 1.86 bits per heavy atom. The normalized spacial score (nSPS) is 10.6. The van der Waals surface area contributed by atoms with Crippen LogP contribution in [0.25, 0.3) is 11.3 Å². The van der Waals surface area contributed by atoms with E-state index in [1.54, 1.807) is 0 Å². The number of H-pyrrole nitrogens is 1. The highest BCUT2D eigenvalue weighted by atomic mass is 32.2. The summed E-state index contributed by atoms with van der Waals surface area (Å²) in [5.74, 6) is 0.781. The van der Waals surface area contributed by atoms with Crippen molar-refractivity contribution in [1.29, 1.82) is 0 Å². The molecule has 0 spiro atoms. The van der Waals surface area contributed by atoms with Crippen LogP contribution in [-0.2, 0) is 5.75 Å². The molecular formula is C18H16N2OS. The zero-order valence-corrected chi connectivity index (χ0v) is 13.1. The maximum atomic E-state index is 11.8. The van der Waals surface area contributed by atoms with Crippen molar-refractivity contribution in [3.63, 3.8) is 0 Å². The first kappa shape index (κ1) is 14.6. The third kappa shape index (κ3) is 3.65. The summed E-state index contributed by atoms with van der Waals surface area (Å²) in [6.07, 6.45) is 0. The quantitative estimate of drug-likeness (QED) is 0.584. The number of aromatic amines is 1. The number of nitrogens with zero attached hydrogens (tertiary/aromatic N) is 1. The molecule has 0 amide bonds. The minimum atomic E-state index is -0.124. The van der Waals surface area contributed by atoms with Crippen LogP contribution in [0.5, 0.6) is 0 Å². The molecule has 0 aliphatic rings. The first-order chi connectivity index (χ1) is 10.7. The van der Waals surface area contributed by atoms with Crippen molar-refractivity contribution in [2.24, 2.45) is 0 Å². The van der Waals surface area contributed by atoms with Crippen LogP contribution in [0.4, 0.5) is 0 Å². The molecule has 4 heteroatoms. The highest BCUT2D eigenvalue weighted by molar-refractivity contribution is 7.98. The molecule has 0 saturated heterocycles. The lowest BCUT2D eigenvalue weighted by molar-refractivity contribution is 0.942. The second-order valence-electron chi connectivity index (χ2n) is 5.08. The number of aromatic nitrogens is 2. The standard InChI is InChI=1S/C18H16N2OS/c1-13-6-5-7-14(10-13)12-22-18-19-16(11-17(21)20-18)15-8-3-2-4-9-15/h2-11H,12H2,1H3,(H,19,20,21). The Morgan fingerprint density at radius 1 is 1.05 bits per heavy atom. The maximum absolute atomic E-state index is 11.8. The van der Waals surface area contributed by atoms with Gasteiger partial charge in [0, 0.05) is 17.4 Å². The fourth-order valence-corrected chi connectivity index (χ4v) is 3.03. The van der Waals surface area contributed by atoms with Crippen LogP contribution >= 0.6 is 11.8 Å². The molecule has 0 unspecified atom stereocenters. The third-order valence-electron chi connectivity index (χ3n) is 3.25. The van der Waals surface area contributed by atoms with E-state index in [2.05, 4.69) is 35.1 Å². The van der Waals surface area contributed by atoms with Gasteiger partial charge in [0.15, 0.2) is 5.16 Å². The Morgan fingerprint density at radius 3 is 2.64 bits per heavy atom. The van der Waals surface area contributed by atoms with Crippen LogP contribution < -0.4 is 5.56 Å². The topological polar surface area (TPSA) is 45.8 Å². The van der Waals surface area contributed by atoms with Crippen LogP contribution in [-0.4, -0.2) is 9.97 Å². The monoisotopic (exact) mass is 308 g/mol. The zero-order chi connectivity index (χ0) is 15.4. The summed E-state index contributed by atoms with van der Waals surface area (Å²) in [5, 5.41) is 0.646. The van der Waals surface area contributed by atoms with Gasteiger partial charge in [-0.3, -0.25) is 4.79 Å². The fraction of sp³-hybridized carbons (Fsp3) is 0.111. The van der Waals surface area contributed by atoms with Gasteiger partial charge < -0.3 is 4.98 Å². The van der Waals surface area contributed by atoms with Crippen molar-refractivity contribution >= 4 is 11.8 Å². The molecule has 3 aromatic rings. The van der Waals surface area contributed by atoms with Crippen molar-refractivity contribution in [3.8, 4) is 11.3 Å². The number of nitrogens with one attached hydrogen (secondary N) is 1. The smallest absolute Gasteiger partial charge is 0.252 e. The molecule has 110 valence electrons. The minimum absolute atomic E-state index is 0.124. The Labute approximate surface area is 133 Å². The van der Waals surface area contributed by atoms with E-state index >= 15 is 0 Å². The summed E-state index contributed by atoms with van der Waals surface area (Å²) in [4.78, 5) is 19.2. The van der Waals surface area contributed by atoms with Gasteiger partial charge in [0.1, 0.15) is 0 Å². The van der Waals surface area contributed by atoms with E-state index in [4.69, 9.17) is 0 Å². The fourth-order valence-electron chi connectivity index (χ4n) is 2.21. The molecule has 1 N–H and O–H groups in total. The van der Waals surface area contributed by atoms with Gasteiger partial charge in [-0.1, -0.05) is 71.9 Å². The van der Waals surface area contributed by atoms with Crippen molar-refractivity contribution in [2.45, 2.75) is 17.8 Å². The van der Waals surface area contributed by atoms with E-state index in [-0.39, 0.29) is 5.56 Å². The summed E-state index contributed by atoms with van der Waals surface area (Å²) in [6, 6.07) is 19.6. The second kappa shape index (κ2) is 6.62. The summed E-state index contributed by atoms with van der Waals surface area (Å²) in [6.45, 7) is 2.07. The van der Waals surface area contributed by atoms with E-state index in [1.165, 1.54) is 29.0 Å². The molecule has 0 fully saturated rings. The number of rotatable bonds is 4. The Bertz CT molecular complexity index is 828. The summed E-state index contributed by atoms with van der Waals surface area (Å²) >= 11 is 1.54. The van der Waals surface area contributed by atoms with Crippen molar-refractivity contribution in [2.75, 3.05) is 0 Å². The van der Waals surface area contributed by atoms with Gasteiger partial charge in [-0.05, 0) is 12.5 Å². The van der Waals surface area contributed by atoms with Crippen molar-refractivity contribution in [3.05, 3.63) is 82.1 Å². The van der Waals surface area contributed by atoms with Gasteiger partial charge in [0.2, 0.25) is 0 Å². The number of hydrogen-bond acceptors (Lipinski definition) is 3. The highest BCUT2D eigenvalue weighted by Crippen LogP contribution is 2.22. The molecule has 2 aromatic carbocycles. The van der Waals surface area contributed by atoms with Crippen LogP contribution in [0.3, 0.4) is 0 Å². The maximum Gasteiger partial charge on any atom is 0.252 e. The minimum Gasteiger partial charge on any atom is -0.301 e. The van der Waals surface area contributed by atoms with E-state index in [9.17, 15) is 4.79 Å². The first-order valence-corrected chi connectivity index (χ1v) is 8.04. The molecule has 0 atom stereocenters. The molecule has 0 aliphatic heterocycles. The summed E-state index contributed by atoms with van der Waals surface area (Å²) in [5.41, 5.74) is 3.98. The van der Waals surface area contributed by atoms with Gasteiger partial charge in [0.25, 0.3) is 5.56 Å². The summed E-state index contributed by atoms with van der Waals surface area (Å²) in [7, 11) is 0. The largest absolute Gasteiger partial charge is 0.301 e. The van der Waals surface area contributed by atoms with Crippen molar-refractivity contribution in [1.82, 2.24) is 9.97 Å². The van der Waals surface area contributed by atoms with Crippen molar-refractivity contribution < 1.29 is 0 Å². The second-order valence-corrected chi connectivity index (χ2v) is 6.04. The average molecular weight is 308 g/mol. The van der Waals surface area contributed by atoms with E-state index in [0.29, 0.717) is 10.9 Å². The Hall–Kier alpha value is -2.33. The molecule has 3 nitrogen and oxygen atoms in total. The van der Waals surface area contributed by atoms with Gasteiger partial charge in [0.05, 0.1) is 5.69 Å². The van der Waals surface area contributed by atoms with E-state index in [1.807, 2.05) is 36.4 Å². The molecule has 0 radical (unpaired) electrons. The van der Waals surface area contributed by atoms with Gasteiger partial charge in [-0.25, -0.2) is 4.98 Å². The summed E-state index contributed by atoms with van der Waals surface area (Å²) < 4.78 is 0. The molecule has 22 heavy (non-hydrogen) atoms.